The molecule has 1 amide bonds. The molecule has 3 N–H and O–H groups in total. The molecule has 0 radical (unpaired) electrons. The lowest BCUT2D eigenvalue weighted by atomic mass is 9.95. The van der Waals surface area contributed by atoms with Gasteiger partial charge in [-0.3, -0.25) is 4.79 Å². The van der Waals surface area contributed by atoms with E-state index in [0.29, 0.717) is 29.8 Å². The average molecular weight is 347 g/mol. The van der Waals surface area contributed by atoms with Gasteiger partial charge in [-0.15, -0.1) is 12.4 Å². The van der Waals surface area contributed by atoms with E-state index < -0.39 is 0 Å². The number of nitrogens with two attached hydrogens (primary N) is 1. The van der Waals surface area contributed by atoms with Crippen LogP contribution in [0.5, 0.6) is 5.75 Å². The first-order valence-electron chi connectivity index (χ1n) is 7.50. The summed E-state index contributed by atoms with van der Waals surface area (Å²) in [5.74, 6) is 1.21. The molecule has 1 saturated carbocycles. The molecule has 6 heteroatoms. The third kappa shape index (κ3) is 5.34. The van der Waals surface area contributed by atoms with Crippen LogP contribution in [0, 0.1) is 11.8 Å². The predicted molar refractivity (Wildman–Crippen MR) is 91.7 cm³/mol. The Hall–Kier alpha value is -0.970. The first-order valence-corrected chi connectivity index (χ1v) is 7.88. The Morgan fingerprint density at radius 3 is 2.95 bits per heavy atom. The zero-order chi connectivity index (χ0) is 15.2. The molecule has 1 aromatic rings. The van der Waals surface area contributed by atoms with E-state index in [4.69, 9.17) is 22.1 Å². The van der Waals surface area contributed by atoms with Crippen molar-refractivity contribution >= 4 is 29.9 Å². The molecule has 0 saturated heterocycles. The molecule has 0 aliphatic heterocycles. The van der Waals surface area contributed by atoms with Crippen molar-refractivity contribution in [2.24, 2.45) is 17.6 Å². The van der Waals surface area contributed by atoms with Crippen molar-refractivity contribution in [3.05, 3.63) is 29.3 Å². The Labute approximate surface area is 143 Å². The highest BCUT2D eigenvalue weighted by molar-refractivity contribution is 6.30. The lowest BCUT2D eigenvalue weighted by Crippen LogP contribution is -2.39. The van der Waals surface area contributed by atoms with E-state index in [1.54, 1.807) is 12.1 Å². The van der Waals surface area contributed by atoms with Gasteiger partial charge < -0.3 is 15.8 Å². The molecule has 3 atom stereocenters. The van der Waals surface area contributed by atoms with Crippen LogP contribution < -0.4 is 15.8 Å². The van der Waals surface area contributed by atoms with Crippen LogP contribution in [0.25, 0.3) is 0 Å². The van der Waals surface area contributed by atoms with Crippen LogP contribution in [-0.2, 0) is 4.79 Å². The molecule has 0 spiro atoms. The summed E-state index contributed by atoms with van der Waals surface area (Å²) in [5.41, 5.74) is 5.72. The summed E-state index contributed by atoms with van der Waals surface area (Å²) in [6.07, 6.45) is 2.99. The maximum absolute atomic E-state index is 12.2. The summed E-state index contributed by atoms with van der Waals surface area (Å²) in [6.45, 7) is 3.00. The van der Waals surface area contributed by atoms with Gasteiger partial charge in [0.1, 0.15) is 11.9 Å². The number of halogens is 2. The van der Waals surface area contributed by atoms with Crippen molar-refractivity contribution in [1.29, 1.82) is 0 Å². The molecule has 0 bridgehead atoms. The largest absolute Gasteiger partial charge is 0.489 e. The molecule has 1 fully saturated rings. The van der Waals surface area contributed by atoms with Crippen LogP contribution in [0.3, 0.4) is 0 Å². The van der Waals surface area contributed by atoms with Gasteiger partial charge in [-0.05, 0) is 50.4 Å². The Morgan fingerprint density at radius 2 is 2.27 bits per heavy atom. The Kier molecular flexibility index (Phi) is 8.01. The second kappa shape index (κ2) is 9.23. The van der Waals surface area contributed by atoms with E-state index in [1.807, 2.05) is 19.1 Å². The SMILES string of the molecule is CC(CNC(=O)[C@@H]1CCC[C@@H]1CN)Oc1cccc(Cl)c1.Cl. The zero-order valence-corrected chi connectivity index (χ0v) is 14.3. The van der Waals surface area contributed by atoms with Crippen LogP contribution in [-0.4, -0.2) is 25.1 Å². The molecule has 1 aromatic carbocycles. The van der Waals surface area contributed by atoms with Crippen LogP contribution in [0.4, 0.5) is 0 Å². The highest BCUT2D eigenvalue weighted by Gasteiger charge is 2.31. The van der Waals surface area contributed by atoms with E-state index >= 15 is 0 Å². The molecule has 2 rings (SSSR count). The number of hydrogen-bond donors (Lipinski definition) is 2. The fourth-order valence-corrected chi connectivity index (χ4v) is 3.03. The number of amides is 1. The summed E-state index contributed by atoms with van der Waals surface area (Å²) in [4.78, 5) is 12.2. The van der Waals surface area contributed by atoms with Gasteiger partial charge >= 0.3 is 0 Å². The van der Waals surface area contributed by atoms with Gasteiger partial charge in [-0.1, -0.05) is 24.1 Å². The van der Waals surface area contributed by atoms with Crippen LogP contribution in [0.1, 0.15) is 26.2 Å². The van der Waals surface area contributed by atoms with Crippen LogP contribution in [0.15, 0.2) is 24.3 Å². The van der Waals surface area contributed by atoms with Crippen molar-refractivity contribution in [2.75, 3.05) is 13.1 Å². The van der Waals surface area contributed by atoms with Crippen LogP contribution in [0.2, 0.25) is 5.02 Å². The second-order valence-electron chi connectivity index (χ2n) is 5.66. The van der Waals surface area contributed by atoms with Gasteiger partial charge in [-0.2, -0.15) is 0 Å². The Bertz CT molecular complexity index is 485. The fourth-order valence-electron chi connectivity index (χ4n) is 2.85. The van der Waals surface area contributed by atoms with E-state index in [1.165, 1.54) is 0 Å². The molecule has 22 heavy (non-hydrogen) atoms. The Morgan fingerprint density at radius 1 is 1.50 bits per heavy atom. The van der Waals surface area contributed by atoms with Gasteiger partial charge in [0.05, 0.1) is 6.54 Å². The van der Waals surface area contributed by atoms with Crippen molar-refractivity contribution in [3.63, 3.8) is 0 Å². The highest BCUT2D eigenvalue weighted by atomic mass is 35.5. The lowest BCUT2D eigenvalue weighted by Gasteiger charge is -2.20. The summed E-state index contributed by atoms with van der Waals surface area (Å²) in [7, 11) is 0. The number of ether oxygens (including phenoxy) is 1. The predicted octanol–water partition coefficient (Wildman–Crippen LogP) is 3.02. The first kappa shape index (κ1) is 19.1. The van der Waals surface area contributed by atoms with Gasteiger partial charge in [0.15, 0.2) is 0 Å². The number of rotatable bonds is 6. The van der Waals surface area contributed by atoms with Gasteiger partial charge in [0, 0.05) is 10.9 Å². The molecule has 1 aliphatic carbocycles. The summed E-state index contributed by atoms with van der Waals surface area (Å²) in [6, 6.07) is 7.26. The second-order valence-corrected chi connectivity index (χ2v) is 6.10. The van der Waals surface area contributed by atoms with E-state index in [9.17, 15) is 4.79 Å². The van der Waals surface area contributed by atoms with Gasteiger partial charge in [0.25, 0.3) is 0 Å². The standard InChI is InChI=1S/C16H23ClN2O2.ClH/c1-11(21-14-6-3-5-13(17)8-14)10-19-16(20)15-7-2-4-12(15)9-18;/h3,5-6,8,11-12,15H,2,4,7,9-10,18H2,1H3,(H,19,20);1H/t11?,12-,15-;/m1./s1. The minimum atomic E-state index is -0.106. The fraction of sp³-hybridized carbons (Fsp3) is 0.562. The molecule has 0 aromatic heterocycles. The van der Waals surface area contributed by atoms with Crippen molar-refractivity contribution in [1.82, 2.24) is 5.32 Å². The number of carbonyl (C=O) groups excluding carboxylic acids is 1. The van der Waals surface area contributed by atoms with Crippen molar-refractivity contribution in [2.45, 2.75) is 32.3 Å². The minimum Gasteiger partial charge on any atom is -0.489 e. The molecular formula is C16H24Cl2N2O2. The topological polar surface area (TPSA) is 64.4 Å². The normalized spacial score (nSPS) is 21.8. The zero-order valence-electron chi connectivity index (χ0n) is 12.8. The molecule has 0 heterocycles. The minimum absolute atomic E-state index is 0. The van der Waals surface area contributed by atoms with E-state index in [2.05, 4.69) is 5.32 Å². The lowest BCUT2D eigenvalue weighted by molar-refractivity contribution is -0.126. The van der Waals surface area contributed by atoms with Crippen molar-refractivity contribution < 1.29 is 9.53 Å². The first-order chi connectivity index (χ1) is 10.1. The van der Waals surface area contributed by atoms with E-state index in [0.717, 1.165) is 19.3 Å². The molecule has 1 unspecified atom stereocenters. The quantitative estimate of drug-likeness (QED) is 0.831. The van der Waals surface area contributed by atoms with Crippen molar-refractivity contribution in [3.8, 4) is 5.75 Å². The summed E-state index contributed by atoms with van der Waals surface area (Å²) >= 11 is 5.91. The number of carbonyl (C=O) groups is 1. The van der Waals surface area contributed by atoms with Gasteiger partial charge in [0.2, 0.25) is 5.91 Å². The van der Waals surface area contributed by atoms with Gasteiger partial charge in [-0.25, -0.2) is 0 Å². The Balaban J connectivity index is 0.00000242. The summed E-state index contributed by atoms with van der Waals surface area (Å²) in [5, 5.41) is 3.61. The maximum atomic E-state index is 12.2. The number of hydrogen-bond acceptors (Lipinski definition) is 3. The molecule has 1 aliphatic rings. The molecular weight excluding hydrogens is 323 g/mol. The summed E-state index contributed by atoms with van der Waals surface area (Å²) < 4.78 is 5.74. The maximum Gasteiger partial charge on any atom is 0.223 e. The number of nitrogens with one attached hydrogen (secondary N) is 1. The average Bonchev–Trinajstić information content (AvgIpc) is 2.93. The van der Waals surface area contributed by atoms with E-state index in [-0.39, 0.29) is 30.3 Å². The third-order valence-corrected chi connectivity index (χ3v) is 4.23. The highest BCUT2D eigenvalue weighted by Crippen LogP contribution is 2.30. The molecule has 4 nitrogen and oxygen atoms in total. The molecule has 124 valence electrons. The number of benzene rings is 1. The smallest absolute Gasteiger partial charge is 0.223 e. The van der Waals surface area contributed by atoms with Crippen LogP contribution >= 0.6 is 24.0 Å². The third-order valence-electron chi connectivity index (χ3n) is 4.00. The monoisotopic (exact) mass is 346 g/mol.